The van der Waals surface area contributed by atoms with E-state index in [-0.39, 0.29) is 5.75 Å². The van der Waals surface area contributed by atoms with Crippen molar-refractivity contribution in [2.45, 2.75) is 13.8 Å². The maximum atomic E-state index is 11.4. The van der Waals surface area contributed by atoms with Gasteiger partial charge >= 0.3 is 0 Å². The fourth-order valence-electron chi connectivity index (χ4n) is 1.28. The monoisotopic (exact) mass is 242 g/mol. The van der Waals surface area contributed by atoms with Gasteiger partial charge in [0.25, 0.3) is 0 Å². The molecule has 0 amide bonds. The zero-order valence-corrected chi connectivity index (χ0v) is 10.9. The van der Waals surface area contributed by atoms with Gasteiger partial charge in [-0.3, -0.25) is 4.72 Å². The Morgan fingerprint density at radius 2 is 1.94 bits per heavy atom. The average molecular weight is 242 g/mol. The second-order valence-electron chi connectivity index (χ2n) is 3.90. The van der Waals surface area contributed by atoms with E-state index in [0.29, 0.717) is 5.69 Å². The highest BCUT2D eigenvalue weighted by atomic mass is 32.2. The molecule has 0 saturated heterocycles. The number of hydrogen-bond donors (Lipinski definition) is 1. The molecule has 4 nitrogen and oxygen atoms in total. The highest BCUT2D eigenvalue weighted by Gasteiger charge is 2.09. The van der Waals surface area contributed by atoms with Gasteiger partial charge in [-0.1, -0.05) is 0 Å². The molecule has 5 heteroatoms. The summed E-state index contributed by atoms with van der Waals surface area (Å²) in [4.78, 5) is 1.98. The lowest BCUT2D eigenvalue weighted by Gasteiger charge is -2.15. The van der Waals surface area contributed by atoms with E-state index in [2.05, 4.69) is 4.72 Å². The topological polar surface area (TPSA) is 49.4 Å². The van der Waals surface area contributed by atoms with E-state index in [9.17, 15) is 8.42 Å². The number of nitrogens with one attached hydrogen (secondary N) is 1. The first-order valence-electron chi connectivity index (χ1n) is 5.14. The largest absolute Gasteiger partial charge is 0.378 e. The van der Waals surface area contributed by atoms with Crippen molar-refractivity contribution in [1.82, 2.24) is 0 Å². The molecule has 0 spiro atoms. The van der Waals surface area contributed by atoms with Crippen LogP contribution in [0.2, 0.25) is 0 Å². The molecule has 0 radical (unpaired) electrons. The predicted octanol–water partition coefficient (Wildman–Crippen LogP) is 1.82. The number of sulfonamides is 1. The maximum absolute atomic E-state index is 11.4. The first kappa shape index (κ1) is 12.8. The van der Waals surface area contributed by atoms with Gasteiger partial charge < -0.3 is 4.90 Å². The van der Waals surface area contributed by atoms with E-state index in [1.165, 1.54) is 0 Å². The molecular weight excluding hydrogens is 224 g/mol. The lowest BCUT2D eigenvalue weighted by atomic mass is 10.2. The number of rotatable bonds is 4. The summed E-state index contributed by atoms with van der Waals surface area (Å²) in [7, 11) is 0.706. The van der Waals surface area contributed by atoms with Gasteiger partial charge in [-0.05, 0) is 37.6 Å². The second kappa shape index (κ2) is 4.74. The molecule has 16 heavy (non-hydrogen) atoms. The van der Waals surface area contributed by atoms with Crippen LogP contribution in [0, 0.1) is 6.92 Å². The van der Waals surface area contributed by atoms with Gasteiger partial charge in [-0.25, -0.2) is 8.42 Å². The standard InChI is InChI=1S/C11H18N2O2S/c1-5-16(14,15)12-11-7-6-10(13(3)4)8-9(11)2/h6-8,12H,5H2,1-4H3. The molecule has 1 rings (SSSR count). The summed E-state index contributed by atoms with van der Waals surface area (Å²) < 4.78 is 25.4. The molecule has 0 aromatic heterocycles. The van der Waals surface area contributed by atoms with Crippen LogP contribution in [0.5, 0.6) is 0 Å². The van der Waals surface area contributed by atoms with E-state index < -0.39 is 10.0 Å². The van der Waals surface area contributed by atoms with E-state index in [4.69, 9.17) is 0 Å². The van der Waals surface area contributed by atoms with Crippen LogP contribution in [0.4, 0.5) is 11.4 Å². The minimum absolute atomic E-state index is 0.0852. The Balaban J connectivity index is 3.01. The van der Waals surface area contributed by atoms with Gasteiger partial charge in [0.05, 0.1) is 11.4 Å². The molecule has 0 fully saturated rings. The molecule has 0 saturated carbocycles. The van der Waals surface area contributed by atoms with Gasteiger partial charge in [0, 0.05) is 19.8 Å². The summed E-state index contributed by atoms with van der Waals surface area (Å²) in [5.74, 6) is 0.0852. The molecule has 0 bridgehead atoms. The van der Waals surface area contributed by atoms with Crippen LogP contribution in [-0.4, -0.2) is 28.3 Å². The molecule has 0 aliphatic rings. The van der Waals surface area contributed by atoms with Crippen molar-refractivity contribution in [2.24, 2.45) is 0 Å². The summed E-state index contributed by atoms with van der Waals surface area (Å²) in [6.45, 7) is 3.51. The first-order valence-corrected chi connectivity index (χ1v) is 6.79. The average Bonchev–Trinajstić information content (AvgIpc) is 2.20. The third-order valence-electron chi connectivity index (χ3n) is 2.37. The van der Waals surface area contributed by atoms with Crippen molar-refractivity contribution in [3.05, 3.63) is 23.8 Å². The molecular formula is C11H18N2O2S. The number of aryl methyl sites for hydroxylation is 1. The Labute approximate surface area is 97.3 Å². The van der Waals surface area contributed by atoms with Crippen LogP contribution in [0.25, 0.3) is 0 Å². The molecule has 0 unspecified atom stereocenters. The van der Waals surface area contributed by atoms with Crippen LogP contribution in [0.1, 0.15) is 12.5 Å². The summed E-state index contributed by atoms with van der Waals surface area (Å²) in [5, 5.41) is 0. The molecule has 0 aliphatic heterocycles. The molecule has 0 aliphatic carbocycles. The van der Waals surface area contributed by atoms with Crippen molar-refractivity contribution in [2.75, 3.05) is 29.5 Å². The summed E-state index contributed by atoms with van der Waals surface area (Å²) in [6, 6.07) is 5.63. The maximum Gasteiger partial charge on any atom is 0.232 e. The molecule has 90 valence electrons. The number of benzene rings is 1. The van der Waals surface area contributed by atoms with Gasteiger partial charge in [-0.15, -0.1) is 0 Å². The van der Waals surface area contributed by atoms with Crippen LogP contribution >= 0.6 is 0 Å². The van der Waals surface area contributed by atoms with E-state index in [1.54, 1.807) is 13.0 Å². The Bertz CT molecular complexity index is 467. The number of nitrogens with zero attached hydrogens (tertiary/aromatic N) is 1. The Morgan fingerprint density at radius 1 is 1.31 bits per heavy atom. The quantitative estimate of drug-likeness (QED) is 0.876. The van der Waals surface area contributed by atoms with E-state index >= 15 is 0 Å². The zero-order valence-electron chi connectivity index (χ0n) is 10.1. The Kier molecular flexibility index (Phi) is 3.80. The third-order valence-corrected chi connectivity index (χ3v) is 3.66. The molecule has 0 atom stereocenters. The molecule has 0 heterocycles. The van der Waals surface area contributed by atoms with Crippen LogP contribution in [0.3, 0.4) is 0 Å². The van der Waals surface area contributed by atoms with E-state index in [0.717, 1.165) is 11.3 Å². The number of hydrogen-bond acceptors (Lipinski definition) is 3. The van der Waals surface area contributed by atoms with Crippen molar-refractivity contribution in [1.29, 1.82) is 0 Å². The normalized spacial score (nSPS) is 11.2. The zero-order chi connectivity index (χ0) is 12.3. The Morgan fingerprint density at radius 3 is 2.38 bits per heavy atom. The summed E-state index contributed by atoms with van der Waals surface area (Å²) >= 11 is 0. The van der Waals surface area contributed by atoms with Crippen molar-refractivity contribution in [3.8, 4) is 0 Å². The fourth-order valence-corrected chi connectivity index (χ4v) is 1.99. The van der Waals surface area contributed by atoms with Gasteiger partial charge in [0.2, 0.25) is 10.0 Å². The third kappa shape index (κ3) is 3.13. The predicted molar refractivity (Wildman–Crippen MR) is 68.6 cm³/mol. The lowest BCUT2D eigenvalue weighted by Crippen LogP contribution is -2.16. The van der Waals surface area contributed by atoms with Gasteiger partial charge in [-0.2, -0.15) is 0 Å². The summed E-state index contributed by atoms with van der Waals surface area (Å²) in [6.07, 6.45) is 0. The van der Waals surface area contributed by atoms with Crippen LogP contribution in [0.15, 0.2) is 18.2 Å². The van der Waals surface area contributed by atoms with Gasteiger partial charge in [0.1, 0.15) is 0 Å². The summed E-state index contributed by atoms with van der Waals surface area (Å²) in [5.41, 5.74) is 2.62. The van der Waals surface area contributed by atoms with Crippen LogP contribution in [-0.2, 0) is 10.0 Å². The highest BCUT2D eigenvalue weighted by Crippen LogP contribution is 2.22. The molecule has 1 aromatic rings. The first-order chi connectivity index (χ1) is 7.35. The minimum Gasteiger partial charge on any atom is -0.378 e. The SMILES string of the molecule is CCS(=O)(=O)Nc1ccc(N(C)C)cc1C. The fraction of sp³-hybridized carbons (Fsp3) is 0.455. The van der Waals surface area contributed by atoms with Crippen LogP contribution < -0.4 is 9.62 Å². The highest BCUT2D eigenvalue weighted by molar-refractivity contribution is 7.92. The van der Waals surface area contributed by atoms with Gasteiger partial charge in [0.15, 0.2) is 0 Å². The van der Waals surface area contributed by atoms with Crippen molar-refractivity contribution < 1.29 is 8.42 Å². The molecule has 1 aromatic carbocycles. The van der Waals surface area contributed by atoms with E-state index in [1.807, 2.05) is 38.1 Å². The second-order valence-corrected chi connectivity index (χ2v) is 5.91. The Hall–Kier alpha value is -1.23. The van der Waals surface area contributed by atoms with Crippen molar-refractivity contribution in [3.63, 3.8) is 0 Å². The lowest BCUT2D eigenvalue weighted by molar-refractivity contribution is 0.602. The smallest absolute Gasteiger partial charge is 0.232 e. The minimum atomic E-state index is -3.19. The number of anilines is 2. The van der Waals surface area contributed by atoms with Crippen molar-refractivity contribution >= 4 is 21.4 Å². The molecule has 1 N–H and O–H groups in total.